The van der Waals surface area contributed by atoms with E-state index in [9.17, 15) is 4.79 Å². The van der Waals surface area contributed by atoms with Crippen LogP contribution in [0.4, 0.5) is 11.4 Å². The minimum Gasteiger partial charge on any atom is -0.408 e. The largest absolute Gasteiger partial charge is 0.417 e. The highest BCUT2D eigenvalue weighted by molar-refractivity contribution is 5.85. The molecule has 110 valence electrons. The SMILES string of the molecule is CCN(c1cc2[nH]c(=O)oc2cc1N)C(C)CN(C)C. The number of aromatic amines is 1. The molecule has 0 aliphatic carbocycles. The Balaban J connectivity index is 2.42. The van der Waals surface area contributed by atoms with Gasteiger partial charge in [-0.05, 0) is 34.0 Å². The minimum atomic E-state index is -0.457. The van der Waals surface area contributed by atoms with Crippen molar-refractivity contribution in [2.45, 2.75) is 19.9 Å². The van der Waals surface area contributed by atoms with Gasteiger partial charge in [0.1, 0.15) is 0 Å². The summed E-state index contributed by atoms with van der Waals surface area (Å²) in [6.07, 6.45) is 0. The van der Waals surface area contributed by atoms with Crippen LogP contribution in [0.1, 0.15) is 13.8 Å². The van der Waals surface area contributed by atoms with Gasteiger partial charge >= 0.3 is 5.76 Å². The molecule has 1 heterocycles. The number of nitrogens with two attached hydrogens (primary N) is 1. The summed E-state index contributed by atoms with van der Waals surface area (Å²) < 4.78 is 5.02. The standard InChI is InChI=1S/C14H22N4O2/c1-5-18(9(2)8-17(3)4)12-7-11-13(6-10(12)15)20-14(19)16-11/h6-7,9H,5,8,15H2,1-4H3,(H,16,19). The zero-order chi connectivity index (χ0) is 14.9. The predicted molar refractivity (Wildman–Crippen MR) is 82.3 cm³/mol. The molecule has 2 rings (SSSR count). The van der Waals surface area contributed by atoms with Gasteiger partial charge in [-0.15, -0.1) is 0 Å². The topological polar surface area (TPSA) is 78.5 Å². The molecule has 0 spiro atoms. The zero-order valence-corrected chi connectivity index (χ0v) is 12.4. The summed E-state index contributed by atoms with van der Waals surface area (Å²) in [7, 11) is 4.09. The second kappa shape index (κ2) is 5.58. The molecule has 3 N–H and O–H groups in total. The van der Waals surface area contributed by atoms with Gasteiger partial charge in [0, 0.05) is 25.2 Å². The summed E-state index contributed by atoms with van der Waals surface area (Å²) in [4.78, 5) is 18.3. The fraction of sp³-hybridized carbons (Fsp3) is 0.500. The first kappa shape index (κ1) is 14.5. The number of likely N-dealkylation sites (N-methyl/N-ethyl adjacent to an activating group) is 2. The number of hydrogen-bond donors (Lipinski definition) is 2. The molecule has 20 heavy (non-hydrogen) atoms. The molecule has 1 aromatic heterocycles. The first-order chi connectivity index (χ1) is 9.42. The van der Waals surface area contributed by atoms with Crippen molar-refractivity contribution in [2.75, 3.05) is 37.8 Å². The molecule has 0 fully saturated rings. The first-order valence-electron chi connectivity index (χ1n) is 6.76. The van der Waals surface area contributed by atoms with Crippen molar-refractivity contribution in [3.63, 3.8) is 0 Å². The Morgan fingerprint density at radius 2 is 2.10 bits per heavy atom. The molecule has 0 aliphatic heterocycles. The Hall–Kier alpha value is -1.95. The number of nitrogens with one attached hydrogen (secondary N) is 1. The number of aromatic nitrogens is 1. The Kier molecular flexibility index (Phi) is 4.04. The van der Waals surface area contributed by atoms with E-state index in [0.717, 1.165) is 18.8 Å². The van der Waals surface area contributed by atoms with Crippen molar-refractivity contribution in [1.82, 2.24) is 9.88 Å². The molecular formula is C14H22N4O2. The summed E-state index contributed by atoms with van der Waals surface area (Å²) in [6, 6.07) is 3.90. The number of nitrogen functional groups attached to an aromatic ring is 1. The predicted octanol–water partition coefficient (Wildman–Crippen LogP) is 1.48. The Bertz CT molecular complexity index is 644. The second-order valence-corrected chi connectivity index (χ2v) is 5.32. The first-order valence-corrected chi connectivity index (χ1v) is 6.76. The average molecular weight is 278 g/mol. The van der Waals surface area contributed by atoms with Gasteiger partial charge in [-0.2, -0.15) is 0 Å². The molecule has 0 aliphatic rings. The maximum atomic E-state index is 11.2. The minimum absolute atomic E-state index is 0.313. The third-order valence-electron chi connectivity index (χ3n) is 3.38. The van der Waals surface area contributed by atoms with Gasteiger partial charge in [0.2, 0.25) is 0 Å². The molecule has 1 unspecified atom stereocenters. The average Bonchev–Trinajstić information content (AvgIpc) is 2.68. The van der Waals surface area contributed by atoms with Crippen LogP contribution >= 0.6 is 0 Å². The Labute approximate surface area is 118 Å². The molecule has 6 nitrogen and oxygen atoms in total. The van der Waals surface area contributed by atoms with Crippen molar-refractivity contribution in [3.8, 4) is 0 Å². The zero-order valence-electron chi connectivity index (χ0n) is 12.4. The van der Waals surface area contributed by atoms with E-state index in [1.54, 1.807) is 6.07 Å². The lowest BCUT2D eigenvalue weighted by molar-refractivity contribution is 0.373. The van der Waals surface area contributed by atoms with Crippen LogP contribution in [0.5, 0.6) is 0 Å². The Morgan fingerprint density at radius 1 is 1.40 bits per heavy atom. The van der Waals surface area contributed by atoms with E-state index in [4.69, 9.17) is 10.2 Å². The summed E-state index contributed by atoms with van der Waals surface area (Å²) in [6.45, 7) is 6.01. The van der Waals surface area contributed by atoms with E-state index in [1.165, 1.54) is 0 Å². The number of fused-ring (bicyclic) bond motifs is 1. The lowest BCUT2D eigenvalue weighted by Crippen LogP contribution is -2.40. The van der Waals surface area contributed by atoms with Crippen LogP contribution in [-0.2, 0) is 0 Å². The lowest BCUT2D eigenvalue weighted by atomic mass is 10.1. The molecule has 0 amide bonds. The number of benzene rings is 1. The van der Waals surface area contributed by atoms with Crippen LogP contribution < -0.4 is 16.4 Å². The lowest BCUT2D eigenvalue weighted by Gasteiger charge is -2.32. The van der Waals surface area contributed by atoms with Gasteiger partial charge in [-0.3, -0.25) is 4.98 Å². The fourth-order valence-electron chi connectivity index (χ4n) is 2.60. The van der Waals surface area contributed by atoms with Crippen LogP contribution in [0.3, 0.4) is 0 Å². The van der Waals surface area contributed by atoms with Gasteiger partial charge in [0.25, 0.3) is 0 Å². The van der Waals surface area contributed by atoms with Crippen LogP contribution in [0.2, 0.25) is 0 Å². The van der Waals surface area contributed by atoms with E-state index in [2.05, 4.69) is 28.6 Å². The van der Waals surface area contributed by atoms with E-state index < -0.39 is 5.76 Å². The van der Waals surface area contributed by atoms with E-state index in [1.807, 2.05) is 20.2 Å². The highest BCUT2D eigenvalue weighted by atomic mass is 16.4. The molecule has 6 heteroatoms. The number of nitrogens with zero attached hydrogens (tertiary/aromatic N) is 2. The van der Waals surface area contributed by atoms with Gasteiger partial charge < -0.3 is 20.0 Å². The number of rotatable bonds is 5. The van der Waals surface area contributed by atoms with Gasteiger partial charge in [0.15, 0.2) is 5.58 Å². The van der Waals surface area contributed by atoms with Crippen LogP contribution in [0, 0.1) is 0 Å². The van der Waals surface area contributed by atoms with E-state index in [-0.39, 0.29) is 0 Å². The maximum Gasteiger partial charge on any atom is 0.417 e. The van der Waals surface area contributed by atoms with Gasteiger partial charge in [0.05, 0.1) is 16.9 Å². The Morgan fingerprint density at radius 3 is 2.70 bits per heavy atom. The summed E-state index contributed by atoms with van der Waals surface area (Å²) in [5.41, 5.74) is 8.82. The number of oxazole rings is 1. The smallest absolute Gasteiger partial charge is 0.408 e. The van der Waals surface area contributed by atoms with E-state index in [0.29, 0.717) is 22.8 Å². The summed E-state index contributed by atoms with van der Waals surface area (Å²) in [5, 5.41) is 0. The maximum absolute atomic E-state index is 11.2. The molecule has 0 radical (unpaired) electrons. The summed E-state index contributed by atoms with van der Waals surface area (Å²) in [5.74, 6) is -0.457. The van der Waals surface area contributed by atoms with Crippen molar-refractivity contribution in [3.05, 3.63) is 22.7 Å². The molecular weight excluding hydrogens is 256 g/mol. The van der Waals surface area contributed by atoms with Crippen LogP contribution in [0.15, 0.2) is 21.3 Å². The van der Waals surface area contributed by atoms with Gasteiger partial charge in [-0.1, -0.05) is 0 Å². The second-order valence-electron chi connectivity index (χ2n) is 5.32. The van der Waals surface area contributed by atoms with Crippen molar-refractivity contribution in [2.24, 2.45) is 0 Å². The molecule has 0 bridgehead atoms. The third kappa shape index (κ3) is 2.80. The van der Waals surface area contributed by atoms with Crippen molar-refractivity contribution < 1.29 is 4.42 Å². The van der Waals surface area contributed by atoms with Crippen molar-refractivity contribution in [1.29, 1.82) is 0 Å². The molecule has 0 saturated heterocycles. The third-order valence-corrected chi connectivity index (χ3v) is 3.38. The quantitative estimate of drug-likeness (QED) is 0.810. The number of hydrogen-bond acceptors (Lipinski definition) is 5. The summed E-state index contributed by atoms with van der Waals surface area (Å²) >= 11 is 0. The van der Waals surface area contributed by atoms with Gasteiger partial charge in [-0.25, -0.2) is 4.79 Å². The van der Waals surface area contributed by atoms with Crippen LogP contribution in [-0.4, -0.2) is 43.1 Å². The number of H-pyrrole nitrogens is 1. The molecule has 1 aromatic carbocycles. The highest BCUT2D eigenvalue weighted by Crippen LogP contribution is 2.29. The molecule has 2 aromatic rings. The monoisotopic (exact) mass is 278 g/mol. The number of anilines is 2. The molecule has 0 saturated carbocycles. The van der Waals surface area contributed by atoms with E-state index >= 15 is 0 Å². The van der Waals surface area contributed by atoms with Crippen LogP contribution in [0.25, 0.3) is 11.1 Å². The molecule has 1 atom stereocenters. The fourth-order valence-corrected chi connectivity index (χ4v) is 2.60. The normalized spacial score (nSPS) is 13.1. The highest BCUT2D eigenvalue weighted by Gasteiger charge is 2.17. The van der Waals surface area contributed by atoms with Crippen molar-refractivity contribution >= 4 is 22.5 Å².